The first-order chi connectivity index (χ1) is 11.9. The van der Waals surface area contributed by atoms with Gasteiger partial charge in [-0.25, -0.2) is 4.98 Å². The average molecular weight is 407 g/mol. The van der Waals surface area contributed by atoms with Crippen molar-refractivity contribution in [2.24, 2.45) is 0 Å². The van der Waals surface area contributed by atoms with Crippen LogP contribution in [0.5, 0.6) is 0 Å². The SMILES string of the molecule is Br.c1ccc(-c2ccc(-c3cn4c(n3)sc3ccccc34)cc2)cc1. The van der Waals surface area contributed by atoms with E-state index in [0.29, 0.717) is 0 Å². The summed E-state index contributed by atoms with van der Waals surface area (Å²) in [6.45, 7) is 0. The Bertz CT molecular complexity index is 1140. The molecule has 0 fully saturated rings. The maximum absolute atomic E-state index is 4.80. The number of rotatable bonds is 2. The molecular weight excluding hydrogens is 392 g/mol. The van der Waals surface area contributed by atoms with Crippen LogP contribution in [0.15, 0.2) is 85.1 Å². The van der Waals surface area contributed by atoms with Crippen molar-refractivity contribution in [3.8, 4) is 22.4 Å². The third-order valence-electron chi connectivity index (χ3n) is 4.29. The molecule has 0 aliphatic heterocycles. The molecule has 2 nitrogen and oxygen atoms in total. The van der Waals surface area contributed by atoms with Crippen LogP contribution in [0.2, 0.25) is 0 Å². The second-order valence-electron chi connectivity index (χ2n) is 5.79. The molecule has 4 heteroatoms. The van der Waals surface area contributed by atoms with E-state index in [4.69, 9.17) is 4.98 Å². The predicted octanol–water partition coefficient (Wildman–Crippen LogP) is 6.46. The van der Waals surface area contributed by atoms with Crippen LogP contribution in [0.3, 0.4) is 0 Å². The number of hydrogen-bond acceptors (Lipinski definition) is 2. The van der Waals surface area contributed by atoms with Crippen molar-refractivity contribution in [1.82, 2.24) is 9.38 Å². The molecule has 122 valence electrons. The molecule has 0 spiro atoms. The van der Waals surface area contributed by atoms with E-state index >= 15 is 0 Å². The number of nitrogens with zero attached hydrogens (tertiary/aromatic N) is 2. The molecule has 0 saturated heterocycles. The Morgan fingerprint density at radius 2 is 1.32 bits per heavy atom. The summed E-state index contributed by atoms with van der Waals surface area (Å²) in [6.07, 6.45) is 2.13. The Balaban J connectivity index is 0.00000157. The molecule has 5 aromatic rings. The fourth-order valence-corrected chi connectivity index (χ4v) is 4.06. The molecule has 5 rings (SSSR count). The van der Waals surface area contributed by atoms with E-state index in [9.17, 15) is 0 Å². The van der Waals surface area contributed by atoms with Gasteiger partial charge in [-0.05, 0) is 23.3 Å². The van der Waals surface area contributed by atoms with Gasteiger partial charge < -0.3 is 0 Å². The van der Waals surface area contributed by atoms with Gasteiger partial charge >= 0.3 is 0 Å². The highest BCUT2D eigenvalue weighted by molar-refractivity contribution is 8.93. The summed E-state index contributed by atoms with van der Waals surface area (Å²) in [7, 11) is 0. The lowest BCUT2D eigenvalue weighted by Gasteiger charge is -2.02. The summed E-state index contributed by atoms with van der Waals surface area (Å²) < 4.78 is 3.45. The number of imidazole rings is 1. The van der Waals surface area contributed by atoms with Gasteiger partial charge in [0.1, 0.15) is 0 Å². The van der Waals surface area contributed by atoms with Crippen molar-refractivity contribution >= 4 is 43.5 Å². The molecule has 0 N–H and O–H groups in total. The van der Waals surface area contributed by atoms with Crippen LogP contribution < -0.4 is 0 Å². The first-order valence-corrected chi connectivity index (χ1v) is 8.73. The van der Waals surface area contributed by atoms with E-state index in [0.717, 1.165) is 16.2 Å². The lowest BCUT2D eigenvalue weighted by atomic mass is 10.0. The molecule has 0 atom stereocenters. The summed E-state index contributed by atoms with van der Waals surface area (Å²) in [5.41, 5.74) is 5.85. The summed E-state index contributed by atoms with van der Waals surface area (Å²) >= 11 is 1.73. The zero-order valence-corrected chi connectivity index (χ0v) is 15.8. The maximum atomic E-state index is 4.80. The van der Waals surface area contributed by atoms with Crippen LogP contribution in [0.1, 0.15) is 0 Å². The van der Waals surface area contributed by atoms with Gasteiger partial charge in [-0.1, -0.05) is 78.1 Å². The predicted molar refractivity (Wildman–Crippen MR) is 112 cm³/mol. The first-order valence-electron chi connectivity index (χ1n) is 7.91. The van der Waals surface area contributed by atoms with Crippen molar-refractivity contribution in [1.29, 1.82) is 0 Å². The van der Waals surface area contributed by atoms with E-state index in [1.165, 1.54) is 21.3 Å². The summed E-state index contributed by atoms with van der Waals surface area (Å²) in [5, 5.41) is 0. The summed E-state index contributed by atoms with van der Waals surface area (Å²) in [5.74, 6) is 0. The fraction of sp³-hybridized carbons (Fsp3) is 0. The molecule has 0 bridgehead atoms. The minimum atomic E-state index is 0. The van der Waals surface area contributed by atoms with Crippen molar-refractivity contribution < 1.29 is 0 Å². The fourth-order valence-electron chi connectivity index (χ4n) is 3.05. The van der Waals surface area contributed by atoms with Crippen molar-refractivity contribution in [2.75, 3.05) is 0 Å². The summed E-state index contributed by atoms with van der Waals surface area (Å²) in [4.78, 5) is 5.84. The van der Waals surface area contributed by atoms with Gasteiger partial charge in [-0.15, -0.1) is 17.0 Å². The molecule has 3 aromatic carbocycles. The zero-order chi connectivity index (χ0) is 15.9. The molecule has 0 aliphatic rings. The van der Waals surface area contributed by atoms with Gasteiger partial charge in [-0.3, -0.25) is 4.40 Å². The van der Waals surface area contributed by atoms with Gasteiger partial charge in [0, 0.05) is 11.8 Å². The lowest BCUT2D eigenvalue weighted by molar-refractivity contribution is 1.30. The van der Waals surface area contributed by atoms with Gasteiger partial charge in [0.25, 0.3) is 0 Å². The van der Waals surface area contributed by atoms with E-state index < -0.39 is 0 Å². The van der Waals surface area contributed by atoms with Crippen molar-refractivity contribution in [3.63, 3.8) is 0 Å². The van der Waals surface area contributed by atoms with Crippen LogP contribution >= 0.6 is 28.3 Å². The Labute approximate surface area is 160 Å². The Morgan fingerprint density at radius 3 is 2.12 bits per heavy atom. The number of halogens is 1. The number of thiazole rings is 1. The number of fused-ring (bicyclic) bond motifs is 3. The molecule has 2 aromatic heterocycles. The highest BCUT2D eigenvalue weighted by atomic mass is 79.9. The van der Waals surface area contributed by atoms with Gasteiger partial charge in [-0.2, -0.15) is 0 Å². The standard InChI is InChI=1S/C21H14N2S.BrH/c1-2-6-15(7-3-1)16-10-12-17(13-11-16)18-14-23-19-8-4-5-9-20(19)24-21(23)22-18;/h1-14H;1H. The number of benzene rings is 3. The molecule has 0 unspecified atom stereocenters. The van der Waals surface area contributed by atoms with Crippen molar-refractivity contribution in [2.45, 2.75) is 0 Å². The minimum absolute atomic E-state index is 0. The highest BCUT2D eigenvalue weighted by Crippen LogP contribution is 2.30. The van der Waals surface area contributed by atoms with Crippen LogP contribution in [0.25, 0.3) is 37.6 Å². The number of aromatic nitrogens is 2. The quantitative estimate of drug-likeness (QED) is 0.328. The molecule has 0 amide bonds. The van der Waals surface area contributed by atoms with Crippen LogP contribution in [0, 0.1) is 0 Å². The first kappa shape index (κ1) is 16.1. The van der Waals surface area contributed by atoms with Crippen LogP contribution in [-0.2, 0) is 0 Å². The molecule has 2 heterocycles. The van der Waals surface area contributed by atoms with Crippen molar-refractivity contribution in [3.05, 3.63) is 85.1 Å². The van der Waals surface area contributed by atoms with Gasteiger partial charge in [0.2, 0.25) is 0 Å². The smallest absolute Gasteiger partial charge is 0.195 e. The monoisotopic (exact) mass is 406 g/mol. The molecule has 0 radical (unpaired) electrons. The van der Waals surface area contributed by atoms with E-state index in [1.807, 2.05) is 6.07 Å². The third-order valence-corrected chi connectivity index (χ3v) is 5.32. The van der Waals surface area contributed by atoms with Crippen LogP contribution in [-0.4, -0.2) is 9.38 Å². The minimum Gasteiger partial charge on any atom is -0.290 e. The van der Waals surface area contributed by atoms with E-state index in [2.05, 4.69) is 83.4 Å². The normalized spacial score (nSPS) is 10.9. The second-order valence-corrected chi connectivity index (χ2v) is 6.80. The van der Waals surface area contributed by atoms with E-state index in [-0.39, 0.29) is 17.0 Å². The lowest BCUT2D eigenvalue weighted by Crippen LogP contribution is -1.80. The van der Waals surface area contributed by atoms with Gasteiger partial charge in [0.15, 0.2) is 4.96 Å². The Morgan fingerprint density at radius 1 is 0.680 bits per heavy atom. The highest BCUT2D eigenvalue weighted by Gasteiger charge is 2.09. The van der Waals surface area contributed by atoms with E-state index in [1.54, 1.807) is 11.3 Å². The molecule has 25 heavy (non-hydrogen) atoms. The Kier molecular flexibility index (Phi) is 4.15. The second kappa shape index (κ2) is 6.47. The molecular formula is C21H15BrN2S. The number of hydrogen-bond donors (Lipinski definition) is 0. The molecule has 0 saturated carbocycles. The maximum Gasteiger partial charge on any atom is 0.195 e. The largest absolute Gasteiger partial charge is 0.290 e. The average Bonchev–Trinajstić information content (AvgIpc) is 3.21. The van der Waals surface area contributed by atoms with Gasteiger partial charge in [0.05, 0.1) is 15.9 Å². The number of para-hydroxylation sites is 1. The zero-order valence-electron chi connectivity index (χ0n) is 13.3. The van der Waals surface area contributed by atoms with Crippen LogP contribution in [0.4, 0.5) is 0 Å². The molecule has 0 aliphatic carbocycles. The Hall–Kier alpha value is -2.43. The third kappa shape index (κ3) is 2.77. The summed E-state index contributed by atoms with van der Waals surface area (Å²) in [6, 6.07) is 27.5. The topological polar surface area (TPSA) is 17.3 Å².